The highest BCUT2D eigenvalue weighted by molar-refractivity contribution is 6.29. The molecule has 0 atom stereocenters. The molecule has 0 saturated carbocycles. The van der Waals surface area contributed by atoms with Crippen LogP contribution in [0, 0.1) is 13.8 Å². The van der Waals surface area contributed by atoms with Crippen LogP contribution in [-0.2, 0) is 9.59 Å². The summed E-state index contributed by atoms with van der Waals surface area (Å²) in [5.41, 5.74) is 5.12. The summed E-state index contributed by atoms with van der Waals surface area (Å²) < 4.78 is 0. The molecule has 3 amide bonds. The van der Waals surface area contributed by atoms with E-state index in [2.05, 4.69) is 5.32 Å². The van der Waals surface area contributed by atoms with Crippen molar-refractivity contribution in [2.24, 2.45) is 0 Å². The number of amides is 3. The summed E-state index contributed by atoms with van der Waals surface area (Å²) in [5.74, 6) is -0.824. The highest BCUT2D eigenvalue weighted by atomic mass is 16.2. The molecular weight excluding hydrogens is 388 g/mol. The molecule has 31 heavy (non-hydrogen) atoms. The van der Waals surface area contributed by atoms with E-state index in [1.54, 1.807) is 48.5 Å². The molecule has 3 aromatic carbocycles. The number of nitrogens with one attached hydrogen (secondary N) is 1. The molecule has 5 nitrogen and oxygen atoms in total. The van der Waals surface area contributed by atoms with Gasteiger partial charge in [0.05, 0.1) is 12.1 Å². The third-order valence-corrected chi connectivity index (χ3v) is 5.34. The van der Waals surface area contributed by atoms with E-state index in [1.165, 1.54) is 4.90 Å². The lowest BCUT2D eigenvalue weighted by atomic mass is 10.1. The van der Waals surface area contributed by atoms with Crippen molar-refractivity contribution >= 4 is 35.2 Å². The van der Waals surface area contributed by atoms with Crippen molar-refractivity contribution in [2.75, 3.05) is 10.2 Å². The average molecular weight is 410 g/mol. The van der Waals surface area contributed by atoms with Crippen molar-refractivity contribution in [2.45, 2.75) is 20.3 Å². The zero-order valence-corrected chi connectivity index (χ0v) is 17.4. The number of hydrogen-bond acceptors (Lipinski definition) is 3. The molecule has 0 bridgehead atoms. The van der Waals surface area contributed by atoms with Gasteiger partial charge in [0, 0.05) is 16.8 Å². The lowest BCUT2D eigenvalue weighted by molar-refractivity contribution is -0.120. The number of benzene rings is 3. The first-order valence-electron chi connectivity index (χ1n) is 10.0. The van der Waals surface area contributed by atoms with Gasteiger partial charge in [-0.25, -0.2) is 4.90 Å². The van der Waals surface area contributed by atoms with Gasteiger partial charge in [0.15, 0.2) is 0 Å². The van der Waals surface area contributed by atoms with Crippen LogP contribution in [0.4, 0.5) is 11.4 Å². The van der Waals surface area contributed by atoms with Crippen LogP contribution in [0.5, 0.6) is 0 Å². The van der Waals surface area contributed by atoms with E-state index in [1.807, 2.05) is 44.2 Å². The minimum Gasteiger partial charge on any atom is -0.322 e. The SMILES string of the molecule is Cc1ccc(NC(=O)c2cccc(/C=C3\CC(=O)N(c4ccccc4)C3=O)c2)cc1C. The molecule has 1 aliphatic rings. The number of nitrogens with zero attached hydrogens (tertiary/aromatic N) is 1. The van der Waals surface area contributed by atoms with Crippen LogP contribution in [-0.4, -0.2) is 17.7 Å². The van der Waals surface area contributed by atoms with Crippen LogP contribution in [0.15, 0.2) is 78.4 Å². The van der Waals surface area contributed by atoms with Crippen molar-refractivity contribution < 1.29 is 14.4 Å². The molecule has 154 valence electrons. The van der Waals surface area contributed by atoms with Crippen LogP contribution in [0.2, 0.25) is 0 Å². The van der Waals surface area contributed by atoms with Gasteiger partial charge in [-0.1, -0.05) is 36.4 Å². The second kappa shape index (κ2) is 8.40. The highest BCUT2D eigenvalue weighted by Gasteiger charge is 2.34. The second-order valence-corrected chi connectivity index (χ2v) is 7.59. The normalized spacial score (nSPS) is 14.9. The monoisotopic (exact) mass is 410 g/mol. The Bertz CT molecular complexity index is 1210. The largest absolute Gasteiger partial charge is 0.322 e. The van der Waals surface area contributed by atoms with Gasteiger partial charge < -0.3 is 5.32 Å². The molecule has 5 heteroatoms. The molecular formula is C26H22N2O3. The lowest BCUT2D eigenvalue weighted by Crippen LogP contribution is -2.28. The number of aryl methyl sites for hydroxylation is 2. The number of imide groups is 1. The molecule has 1 saturated heterocycles. The van der Waals surface area contributed by atoms with Gasteiger partial charge in [0.1, 0.15) is 0 Å². The Morgan fingerprint density at radius 2 is 1.68 bits per heavy atom. The van der Waals surface area contributed by atoms with Crippen LogP contribution in [0.1, 0.15) is 33.5 Å². The van der Waals surface area contributed by atoms with E-state index in [9.17, 15) is 14.4 Å². The maximum absolute atomic E-state index is 12.8. The Kier molecular flexibility index (Phi) is 5.50. The predicted molar refractivity (Wildman–Crippen MR) is 122 cm³/mol. The minimum atomic E-state index is -0.332. The molecule has 0 spiro atoms. The van der Waals surface area contributed by atoms with Gasteiger partial charge in [-0.15, -0.1) is 0 Å². The number of anilines is 2. The molecule has 0 unspecified atom stereocenters. The second-order valence-electron chi connectivity index (χ2n) is 7.59. The first-order valence-corrected chi connectivity index (χ1v) is 10.0. The summed E-state index contributed by atoms with van der Waals surface area (Å²) in [5, 5.41) is 2.90. The molecule has 0 aliphatic carbocycles. The van der Waals surface area contributed by atoms with Crippen molar-refractivity contribution in [3.63, 3.8) is 0 Å². The average Bonchev–Trinajstić information content (AvgIpc) is 3.04. The van der Waals surface area contributed by atoms with Gasteiger partial charge in [0.25, 0.3) is 11.8 Å². The van der Waals surface area contributed by atoms with E-state index in [-0.39, 0.29) is 24.1 Å². The Balaban J connectivity index is 1.55. The van der Waals surface area contributed by atoms with Gasteiger partial charge in [0.2, 0.25) is 5.91 Å². The topological polar surface area (TPSA) is 66.5 Å². The van der Waals surface area contributed by atoms with E-state index < -0.39 is 0 Å². The fourth-order valence-corrected chi connectivity index (χ4v) is 3.52. The van der Waals surface area contributed by atoms with Gasteiger partial charge in [-0.05, 0) is 73.0 Å². The molecule has 4 rings (SSSR count). The third kappa shape index (κ3) is 4.31. The fraction of sp³-hybridized carbons (Fsp3) is 0.115. The third-order valence-electron chi connectivity index (χ3n) is 5.34. The zero-order chi connectivity index (χ0) is 22.0. The zero-order valence-electron chi connectivity index (χ0n) is 17.4. The summed E-state index contributed by atoms with van der Waals surface area (Å²) >= 11 is 0. The number of hydrogen-bond donors (Lipinski definition) is 1. The lowest BCUT2D eigenvalue weighted by Gasteiger charge is -2.12. The van der Waals surface area contributed by atoms with E-state index in [0.29, 0.717) is 22.4 Å². The molecule has 1 fully saturated rings. The van der Waals surface area contributed by atoms with E-state index in [4.69, 9.17) is 0 Å². The van der Waals surface area contributed by atoms with Gasteiger partial charge in [-0.3, -0.25) is 14.4 Å². The van der Waals surface area contributed by atoms with Crippen LogP contribution < -0.4 is 10.2 Å². The van der Waals surface area contributed by atoms with E-state index in [0.717, 1.165) is 16.8 Å². The molecule has 0 radical (unpaired) electrons. The molecule has 1 aliphatic heterocycles. The summed E-state index contributed by atoms with van der Waals surface area (Å²) in [7, 11) is 0. The van der Waals surface area contributed by atoms with Gasteiger partial charge in [-0.2, -0.15) is 0 Å². The Morgan fingerprint density at radius 3 is 2.42 bits per heavy atom. The van der Waals surface area contributed by atoms with E-state index >= 15 is 0 Å². The molecule has 3 aromatic rings. The number of carbonyl (C=O) groups excluding carboxylic acids is 3. The first-order chi connectivity index (χ1) is 14.9. The number of para-hydroxylation sites is 1. The van der Waals surface area contributed by atoms with Crippen LogP contribution in [0.25, 0.3) is 6.08 Å². The summed E-state index contributed by atoms with van der Waals surface area (Å²) in [6.45, 7) is 4.02. The molecule has 1 heterocycles. The Morgan fingerprint density at radius 1 is 0.903 bits per heavy atom. The predicted octanol–water partition coefficient (Wildman–Crippen LogP) is 4.90. The molecule has 0 aromatic heterocycles. The van der Waals surface area contributed by atoms with Crippen molar-refractivity contribution in [1.82, 2.24) is 0 Å². The van der Waals surface area contributed by atoms with Crippen LogP contribution >= 0.6 is 0 Å². The standard InChI is InChI=1S/C26H22N2O3/c1-17-11-12-22(13-18(17)2)27-25(30)20-8-6-7-19(14-20)15-21-16-24(29)28(26(21)31)23-9-4-3-5-10-23/h3-15H,16H2,1-2H3,(H,27,30)/b21-15+. The Hall–Kier alpha value is -3.99. The number of rotatable bonds is 4. The highest BCUT2D eigenvalue weighted by Crippen LogP contribution is 2.27. The fourth-order valence-electron chi connectivity index (χ4n) is 3.52. The Labute approximate surface area is 181 Å². The van der Waals surface area contributed by atoms with Crippen LogP contribution in [0.3, 0.4) is 0 Å². The summed E-state index contributed by atoms with van der Waals surface area (Å²) in [6.07, 6.45) is 1.71. The van der Waals surface area contributed by atoms with Crippen molar-refractivity contribution in [1.29, 1.82) is 0 Å². The van der Waals surface area contributed by atoms with Crippen molar-refractivity contribution in [3.05, 3.63) is 101 Å². The maximum atomic E-state index is 12.8. The minimum absolute atomic E-state index is 0.0345. The quantitative estimate of drug-likeness (QED) is 0.491. The molecule has 1 N–H and O–H groups in total. The summed E-state index contributed by atoms with van der Waals surface area (Å²) in [6, 6.07) is 21.6. The van der Waals surface area contributed by atoms with Gasteiger partial charge >= 0.3 is 0 Å². The number of carbonyl (C=O) groups is 3. The van der Waals surface area contributed by atoms with Crippen molar-refractivity contribution in [3.8, 4) is 0 Å². The smallest absolute Gasteiger partial charge is 0.261 e. The first kappa shape index (κ1) is 20.3. The summed E-state index contributed by atoms with van der Waals surface area (Å²) in [4.78, 5) is 39.1. The maximum Gasteiger partial charge on any atom is 0.261 e.